The molecule has 0 spiro atoms. The number of rotatable bonds is 7. The zero-order chi connectivity index (χ0) is 19.2. The molecule has 0 aliphatic rings. The minimum absolute atomic E-state index is 0.00881. The number of aryl methyl sites for hydroxylation is 3. The Morgan fingerprint density at radius 3 is 2.67 bits per heavy atom. The van der Waals surface area contributed by atoms with E-state index in [2.05, 4.69) is 47.6 Å². The van der Waals surface area contributed by atoms with Gasteiger partial charge in [-0.1, -0.05) is 42.0 Å². The first-order valence-electron chi connectivity index (χ1n) is 9.27. The Labute approximate surface area is 159 Å². The molecule has 140 valence electrons. The highest BCUT2D eigenvalue weighted by molar-refractivity contribution is 5.76. The Hall–Kier alpha value is -2.95. The van der Waals surface area contributed by atoms with Gasteiger partial charge in [-0.25, -0.2) is 0 Å². The van der Waals surface area contributed by atoms with Gasteiger partial charge in [-0.3, -0.25) is 4.79 Å². The highest BCUT2D eigenvalue weighted by Crippen LogP contribution is 2.20. The molecule has 1 unspecified atom stereocenters. The normalized spacial score (nSPS) is 12.0. The van der Waals surface area contributed by atoms with Crippen LogP contribution in [-0.4, -0.2) is 16.1 Å². The molecule has 27 heavy (non-hydrogen) atoms. The van der Waals surface area contributed by atoms with Gasteiger partial charge in [-0.15, -0.1) is 10.2 Å². The maximum absolute atomic E-state index is 12.3. The predicted octanol–water partition coefficient (Wildman–Crippen LogP) is 4.55. The van der Waals surface area contributed by atoms with Crippen molar-refractivity contribution < 1.29 is 9.21 Å². The Kier molecular flexibility index (Phi) is 6.01. The summed E-state index contributed by atoms with van der Waals surface area (Å²) in [5.41, 5.74) is 4.44. The SMILES string of the molecule is Cc1ccc(C)c(C(C)NC(=O)CCCc2nnc(-c3ccccc3)o2)c1. The minimum atomic E-state index is -0.00881. The van der Waals surface area contributed by atoms with Gasteiger partial charge in [0.15, 0.2) is 0 Å². The number of benzene rings is 2. The third-order valence-electron chi connectivity index (χ3n) is 4.56. The minimum Gasteiger partial charge on any atom is -0.421 e. The van der Waals surface area contributed by atoms with Crippen LogP contribution in [0.1, 0.15) is 48.4 Å². The van der Waals surface area contributed by atoms with Gasteiger partial charge in [-0.2, -0.15) is 0 Å². The summed E-state index contributed by atoms with van der Waals surface area (Å²) in [6.07, 6.45) is 1.69. The van der Waals surface area contributed by atoms with E-state index in [1.54, 1.807) is 0 Å². The van der Waals surface area contributed by atoms with E-state index in [1.807, 2.05) is 37.3 Å². The smallest absolute Gasteiger partial charge is 0.247 e. The lowest BCUT2D eigenvalue weighted by Gasteiger charge is -2.17. The highest BCUT2D eigenvalue weighted by atomic mass is 16.4. The molecule has 1 atom stereocenters. The summed E-state index contributed by atoms with van der Waals surface area (Å²) in [4.78, 5) is 12.3. The molecule has 5 nitrogen and oxygen atoms in total. The molecule has 1 heterocycles. The number of carbonyl (C=O) groups is 1. The van der Waals surface area contributed by atoms with E-state index < -0.39 is 0 Å². The maximum atomic E-state index is 12.3. The Morgan fingerprint density at radius 2 is 1.89 bits per heavy atom. The van der Waals surface area contributed by atoms with E-state index in [-0.39, 0.29) is 11.9 Å². The lowest BCUT2D eigenvalue weighted by molar-refractivity contribution is -0.121. The maximum Gasteiger partial charge on any atom is 0.247 e. The summed E-state index contributed by atoms with van der Waals surface area (Å²) in [5, 5.41) is 11.2. The van der Waals surface area contributed by atoms with Crippen LogP contribution < -0.4 is 5.32 Å². The number of carbonyl (C=O) groups excluding carboxylic acids is 1. The van der Waals surface area contributed by atoms with Gasteiger partial charge in [0.05, 0.1) is 6.04 Å². The van der Waals surface area contributed by atoms with E-state index in [9.17, 15) is 4.79 Å². The molecule has 0 fully saturated rings. The molecule has 0 saturated heterocycles. The summed E-state index contributed by atoms with van der Waals surface area (Å²) in [7, 11) is 0. The summed E-state index contributed by atoms with van der Waals surface area (Å²) in [6, 6.07) is 16.0. The molecule has 0 bridgehead atoms. The average Bonchev–Trinajstić information content (AvgIpc) is 3.13. The Bertz CT molecular complexity index is 903. The average molecular weight is 363 g/mol. The Balaban J connectivity index is 1.48. The van der Waals surface area contributed by atoms with Crippen LogP contribution in [0, 0.1) is 13.8 Å². The number of hydrogen-bond donors (Lipinski definition) is 1. The van der Waals surface area contributed by atoms with Gasteiger partial charge in [0.1, 0.15) is 0 Å². The second-order valence-electron chi connectivity index (χ2n) is 6.87. The lowest BCUT2D eigenvalue weighted by atomic mass is 10.00. The van der Waals surface area contributed by atoms with Crippen LogP contribution in [-0.2, 0) is 11.2 Å². The molecule has 3 rings (SSSR count). The van der Waals surface area contributed by atoms with E-state index in [0.717, 1.165) is 11.1 Å². The van der Waals surface area contributed by atoms with Gasteiger partial charge >= 0.3 is 0 Å². The van der Waals surface area contributed by atoms with Crippen molar-refractivity contribution in [3.63, 3.8) is 0 Å². The van der Waals surface area contributed by atoms with E-state index in [0.29, 0.717) is 31.0 Å². The first kappa shape index (κ1) is 18.8. The first-order valence-corrected chi connectivity index (χ1v) is 9.27. The number of aromatic nitrogens is 2. The van der Waals surface area contributed by atoms with Gasteiger partial charge < -0.3 is 9.73 Å². The molecule has 1 aromatic heterocycles. The van der Waals surface area contributed by atoms with Crippen LogP contribution in [0.25, 0.3) is 11.5 Å². The fourth-order valence-electron chi connectivity index (χ4n) is 3.07. The van der Waals surface area contributed by atoms with Gasteiger partial charge in [0.2, 0.25) is 17.7 Å². The largest absolute Gasteiger partial charge is 0.421 e. The third kappa shape index (κ3) is 5.03. The van der Waals surface area contributed by atoms with Crippen molar-refractivity contribution >= 4 is 5.91 Å². The predicted molar refractivity (Wildman–Crippen MR) is 105 cm³/mol. The number of nitrogens with one attached hydrogen (secondary N) is 1. The van der Waals surface area contributed by atoms with Gasteiger partial charge in [0, 0.05) is 18.4 Å². The summed E-state index contributed by atoms with van der Waals surface area (Å²) in [5.74, 6) is 1.11. The standard InChI is InChI=1S/C22H25N3O2/c1-15-12-13-16(2)19(14-15)17(3)23-20(26)10-7-11-21-24-25-22(27-21)18-8-5-4-6-9-18/h4-6,8-9,12-14,17H,7,10-11H2,1-3H3,(H,23,26). The lowest BCUT2D eigenvalue weighted by Crippen LogP contribution is -2.27. The topological polar surface area (TPSA) is 68.0 Å². The zero-order valence-electron chi connectivity index (χ0n) is 16.0. The highest BCUT2D eigenvalue weighted by Gasteiger charge is 2.13. The fourth-order valence-corrected chi connectivity index (χ4v) is 3.07. The molecular formula is C22H25N3O2. The van der Waals surface area contributed by atoms with E-state index in [1.165, 1.54) is 11.1 Å². The van der Waals surface area contributed by atoms with E-state index in [4.69, 9.17) is 4.42 Å². The molecule has 0 aliphatic carbocycles. The van der Waals surface area contributed by atoms with Crippen molar-refractivity contribution in [2.75, 3.05) is 0 Å². The monoisotopic (exact) mass is 363 g/mol. The van der Waals surface area contributed by atoms with Crippen LogP contribution in [0.15, 0.2) is 52.9 Å². The summed E-state index contributed by atoms with van der Waals surface area (Å²) < 4.78 is 5.68. The number of hydrogen-bond acceptors (Lipinski definition) is 4. The number of amides is 1. The second-order valence-corrected chi connectivity index (χ2v) is 6.87. The molecule has 0 aliphatic heterocycles. The third-order valence-corrected chi connectivity index (χ3v) is 4.56. The zero-order valence-corrected chi connectivity index (χ0v) is 16.0. The summed E-state index contributed by atoms with van der Waals surface area (Å²) >= 11 is 0. The van der Waals surface area contributed by atoms with Gasteiger partial charge in [0.25, 0.3) is 0 Å². The molecule has 5 heteroatoms. The first-order chi connectivity index (χ1) is 13.0. The molecule has 1 amide bonds. The van der Waals surface area contributed by atoms with Crippen molar-refractivity contribution in [1.82, 2.24) is 15.5 Å². The fraction of sp³-hybridized carbons (Fsp3) is 0.318. The van der Waals surface area contributed by atoms with Crippen molar-refractivity contribution in [3.8, 4) is 11.5 Å². The Morgan fingerprint density at radius 1 is 1.11 bits per heavy atom. The molecule has 2 aromatic carbocycles. The van der Waals surface area contributed by atoms with Crippen molar-refractivity contribution in [2.45, 2.75) is 46.1 Å². The van der Waals surface area contributed by atoms with Gasteiger partial charge in [-0.05, 0) is 50.5 Å². The molecule has 0 saturated carbocycles. The second kappa shape index (κ2) is 8.62. The number of nitrogens with zero attached hydrogens (tertiary/aromatic N) is 2. The van der Waals surface area contributed by atoms with Crippen molar-refractivity contribution in [1.29, 1.82) is 0 Å². The molecule has 3 aromatic rings. The van der Waals surface area contributed by atoms with Crippen molar-refractivity contribution in [3.05, 3.63) is 71.1 Å². The molecule has 0 radical (unpaired) electrons. The van der Waals surface area contributed by atoms with Crippen molar-refractivity contribution in [2.24, 2.45) is 0 Å². The summed E-state index contributed by atoms with van der Waals surface area (Å²) in [6.45, 7) is 6.15. The van der Waals surface area contributed by atoms with Crippen LogP contribution in [0.2, 0.25) is 0 Å². The molecule has 1 N–H and O–H groups in total. The quantitative estimate of drug-likeness (QED) is 0.668. The molecular weight excluding hydrogens is 338 g/mol. The van der Waals surface area contributed by atoms with Crippen LogP contribution in [0.5, 0.6) is 0 Å². The van der Waals surface area contributed by atoms with Crippen LogP contribution in [0.3, 0.4) is 0 Å². The van der Waals surface area contributed by atoms with Crippen LogP contribution in [0.4, 0.5) is 0 Å². The van der Waals surface area contributed by atoms with E-state index >= 15 is 0 Å². The van der Waals surface area contributed by atoms with Crippen LogP contribution >= 0.6 is 0 Å².